The van der Waals surface area contributed by atoms with Crippen LogP contribution in [0.1, 0.15) is 34.3 Å². The van der Waals surface area contributed by atoms with Gasteiger partial charge in [-0.05, 0) is 32.4 Å². The number of halogens is 2. The Labute approximate surface area is 110 Å². The second-order valence-corrected chi connectivity index (χ2v) is 4.52. The zero-order valence-corrected chi connectivity index (χ0v) is 11.1. The molecular formula is C14H16F2N2O. The van der Waals surface area contributed by atoms with Crippen molar-refractivity contribution < 1.29 is 13.2 Å². The highest BCUT2D eigenvalue weighted by Crippen LogP contribution is 2.32. The van der Waals surface area contributed by atoms with E-state index < -0.39 is 17.7 Å². The Balaban J connectivity index is 2.56. The summed E-state index contributed by atoms with van der Waals surface area (Å²) in [5, 5.41) is 0. The molecule has 1 heterocycles. The molecule has 0 saturated carbocycles. The highest BCUT2D eigenvalue weighted by atomic mass is 19.1. The molecule has 0 aliphatic carbocycles. The lowest BCUT2D eigenvalue weighted by molar-refractivity contribution is 0.490. The second-order valence-electron chi connectivity index (χ2n) is 4.52. The number of aryl methyl sites for hydroxylation is 2. The Morgan fingerprint density at radius 1 is 1.16 bits per heavy atom. The van der Waals surface area contributed by atoms with Crippen LogP contribution in [0.4, 0.5) is 8.78 Å². The van der Waals surface area contributed by atoms with Gasteiger partial charge in [0, 0.05) is 17.2 Å². The van der Waals surface area contributed by atoms with Crippen LogP contribution in [0.5, 0.6) is 0 Å². The summed E-state index contributed by atoms with van der Waals surface area (Å²) in [6, 6.07) is 2.87. The topological polar surface area (TPSA) is 51.2 Å². The molecule has 0 fully saturated rings. The van der Waals surface area contributed by atoms with E-state index in [9.17, 15) is 8.78 Å². The van der Waals surface area contributed by atoms with Gasteiger partial charge < -0.3 is 4.42 Å². The van der Waals surface area contributed by atoms with E-state index in [0.29, 0.717) is 5.76 Å². The van der Waals surface area contributed by atoms with Crippen molar-refractivity contribution in [1.82, 2.24) is 5.43 Å². The minimum Gasteiger partial charge on any atom is -0.466 e. The molecule has 0 aliphatic rings. The largest absolute Gasteiger partial charge is 0.466 e. The minimum atomic E-state index is -0.638. The predicted molar refractivity (Wildman–Crippen MR) is 68.4 cm³/mol. The van der Waals surface area contributed by atoms with E-state index in [1.165, 1.54) is 12.1 Å². The van der Waals surface area contributed by atoms with Gasteiger partial charge in [-0.3, -0.25) is 5.84 Å². The summed E-state index contributed by atoms with van der Waals surface area (Å²) in [5.74, 6) is 5.71. The minimum absolute atomic E-state index is 0.288. The van der Waals surface area contributed by atoms with Crippen LogP contribution in [-0.2, 0) is 0 Å². The molecule has 3 N–H and O–H groups in total. The SMILES string of the molecule is Cc1oc(C)c(C(NN)c2ccc(F)cc2F)c1C. The molecule has 19 heavy (non-hydrogen) atoms. The third-order valence-electron chi connectivity index (χ3n) is 3.35. The summed E-state index contributed by atoms with van der Waals surface area (Å²) < 4.78 is 32.4. The molecule has 0 bridgehead atoms. The van der Waals surface area contributed by atoms with E-state index in [1.807, 2.05) is 13.8 Å². The van der Waals surface area contributed by atoms with Gasteiger partial charge in [-0.15, -0.1) is 0 Å². The van der Waals surface area contributed by atoms with Gasteiger partial charge in [0.2, 0.25) is 0 Å². The normalized spacial score (nSPS) is 12.7. The molecular weight excluding hydrogens is 250 g/mol. The molecule has 1 atom stereocenters. The average molecular weight is 266 g/mol. The fraction of sp³-hybridized carbons (Fsp3) is 0.286. The highest BCUT2D eigenvalue weighted by molar-refractivity contribution is 5.41. The molecule has 3 nitrogen and oxygen atoms in total. The van der Waals surface area contributed by atoms with Crippen LogP contribution in [-0.4, -0.2) is 0 Å². The highest BCUT2D eigenvalue weighted by Gasteiger charge is 2.24. The van der Waals surface area contributed by atoms with Crippen LogP contribution >= 0.6 is 0 Å². The Bertz CT molecular complexity index is 608. The second kappa shape index (κ2) is 5.11. The maximum absolute atomic E-state index is 13.9. The van der Waals surface area contributed by atoms with Gasteiger partial charge in [0.25, 0.3) is 0 Å². The lowest BCUT2D eigenvalue weighted by Gasteiger charge is -2.18. The monoisotopic (exact) mass is 266 g/mol. The van der Waals surface area contributed by atoms with Crippen molar-refractivity contribution in [2.24, 2.45) is 5.84 Å². The Kier molecular flexibility index (Phi) is 3.68. The molecule has 2 rings (SSSR count). The van der Waals surface area contributed by atoms with E-state index in [2.05, 4.69) is 5.43 Å². The zero-order valence-electron chi connectivity index (χ0n) is 11.1. The maximum Gasteiger partial charge on any atom is 0.131 e. The third-order valence-corrected chi connectivity index (χ3v) is 3.35. The predicted octanol–water partition coefficient (Wildman–Crippen LogP) is 3.04. The summed E-state index contributed by atoms with van der Waals surface area (Å²) in [6.07, 6.45) is 0. The van der Waals surface area contributed by atoms with Gasteiger partial charge >= 0.3 is 0 Å². The molecule has 5 heteroatoms. The fourth-order valence-corrected chi connectivity index (χ4v) is 2.30. The number of hydrogen-bond acceptors (Lipinski definition) is 3. The number of furan rings is 1. The van der Waals surface area contributed by atoms with Gasteiger partial charge in [-0.1, -0.05) is 6.07 Å². The number of hydrazine groups is 1. The van der Waals surface area contributed by atoms with Crippen LogP contribution in [0.25, 0.3) is 0 Å². The summed E-state index contributed by atoms with van der Waals surface area (Å²) in [7, 11) is 0. The Morgan fingerprint density at radius 3 is 2.32 bits per heavy atom. The van der Waals surface area contributed by atoms with Gasteiger partial charge in [-0.25, -0.2) is 14.2 Å². The van der Waals surface area contributed by atoms with Gasteiger partial charge in [0.15, 0.2) is 0 Å². The smallest absolute Gasteiger partial charge is 0.131 e. The number of hydrogen-bond donors (Lipinski definition) is 2. The van der Waals surface area contributed by atoms with E-state index >= 15 is 0 Å². The van der Waals surface area contributed by atoms with E-state index in [0.717, 1.165) is 23.0 Å². The number of benzene rings is 1. The first kappa shape index (κ1) is 13.7. The molecule has 102 valence electrons. The van der Waals surface area contributed by atoms with Crippen molar-refractivity contribution in [3.8, 4) is 0 Å². The van der Waals surface area contributed by atoms with E-state index in [1.54, 1.807) is 6.92 Å². The Morgan fingerprint density at radius 2 is 1.84 bits per heavy atom. The third kappa shape index (κ3) is 2.39. The van der Waals surface area contributed by atoms with Crippen LogP contribution in [0, 0.1) is 32.4 Å². The first-order valence-corrected chi connectivity index (χ1v) is 5.93. The van der Waals surface area contributed by atoms with Crippen molar-refractivity contribution in [1.29, 1.82) is 0 Å². The quantitative estimate of drug-likeness (QED) is 0.663. The maximum atomic E-state index is 13.9. The van der Waals surface area contributed by atoms with Crippen LogP contribution in [0.3, 0.4) is 0 Å². The van der Waals surface area contributed by atoms with Crippen LogP contribution < -0.4 is 11.3 Å². The number of rotatable bonds is 3. The van der Waals surface area contributed by atoms with E-state index in [4.69, 9.17) is 10.3 Å². The van der Waals surface area contributed by atoms with Gasteiger partial charge in [0.05, 0.1) is 6.04 Å². The first-order valence-electron chi connectivity index (χ1n) is 5.93. The van der Waals surface area contributed by atoms with Gasteiger partial charge in [0.1, 0.15) is 23.2 Å². The summed E-state index contributed by atoms with van der Waals surface area (Å²) >= 11 is 0. The number of nitrogens with two attached hydrogens (primary N) is 1. The molecule has 2 aromatic rings. The molecule has 0 spiro atoms. The Hall–Kier alpha value is -1.72. The lowest BCUT2D eigenvalue weighted by atomic mass is 9.95. The van der Waals surface area contributed by atoms with Crippen LogP contribution in [0.15, 0.2) is 22.6 Å². The van der Waals surface area contributed by atoms with Crippen molar-refractivity contribution in [2.75, 3.05) is 0 Å². The number of nitrogens with one attached hydrogen (secondary N) is 1. The van der Waals surface area contributed by atoms with Crippen molar-refractivity contribution in [3.63, 3.8) is 0 Å². The van der Waals surface area contributed by atoms with Gasteiger partial charge in [-0.2, -0.15) is 0 Å². The average Bonchev–Trinajstić information content (AvgIpc) is 2.59. The van der Waals surface area contributed by atoms with Crippen molar-refractivity contribution in [3.05, 3.63) is 58.0 Å². The molecule has 0 saturated heterocycles. The van der Waals surface area contributed by atoms with Crippen LogP contribution in [0.2, 0.25) is 0 Å². The molecule has 0 radical (unpaired) electrons. The molecule has 0 aliphatic heterocycles. The summed E-state index contributed by atoms with van der Waals surface area (Å²) in [5.41, 5.74) is 4.54. The molecule has 1 aromatic carbocycles. The fourth-order valence-electron chi connectivity index (χ4n) is 2.30. The summed E-state index contributed by atoms with van der Waals surface area (Å²) in [4.78, 5) is 0. The molecule has 1 aromatic heterocycles. The molecule has 0 amide bonds. The zero-order chi connectivity index (χ0) is 14.2. The first-order chi connectivity index (χ1) is 8.95. The van der Waals surface area contributed by atoms with E-state index in [-0.39, 0.29) is 5.56 Å². The van der Waals surface area contributed by atoms with Crippen molar-refractivity contribution in [2.45, 2.75) is 26.8 Å². The van der Waals surface area contributed by atoms with Crippen molar-refractivity contribution >= 4 is 0 Å². The molecule has 1 unspecified atom stereocenters. The standard InChI is InChI=1S/C14H16F2N2O/c1-7-8(2)19-9(3)13(7)14(18-17)11-5-4-10(15)6-12(11)16/h4-6,14,18H,17H2,1-3H3. The summed E-state index contributed by atoms with van der Waals surface area (Å²) in [6.45, 7) is 5.51. The lowest BCUT2D eigenvalue weighted by Crippen LogP contribution is -2.30.